The molecule has 12 heavy (non-hydrogen) atoms. The summed E-state index contributed by atoms with van der Waals surface area (Å²) in [6.07, 6.45) is 11.8. The Morgan fingerprint density at radius 3 is 2.58 bits per heavy atom. The van der Waals surface area contributed by atoms with Crippen LogP contribution in [-0.2, 0) is 0 Å². The fourth-order valence-electron chi connectivity index (χ4n) is 0.955. The fourth-order valence-corrected chi connectivity index (χ4v) is 0.955. The summed E-state index contributed by atoms with van der Waals surface area (Å²) in [7, 11) is 0. The van der Waals surface area contributed by atoms with Crippen molar-refractivity contribution >= 4 is 6.21 Å². The number of nitrogens with zero attached hydrogens (tertiary/aromatic N) is 1. The molecule has 0 saturated heterocycles. The lowest BCUT2D eigenvalue weighted by molar-refractivity contribution is 0.661. The molecule has 70 valence electrons. The number of allylic oxidation sites excluding steroid dienone is 1. The molecule has 0 spiro atoms. The molecule has 0 aliphatic rings. The summed E-state index contributed by atoms with van der Waals surface area (Å²) < 4.78 is 0. The summed E-state index contributed by atoms with van der Waals surface area (Å²) >= 11 is 0. The number of unbranched alkanes of at least 4 members (excludes halogenated alkanes) is 4. The van der Waals surface area contributed by atoms with E-state index in [2.05, 4.69) is 4.99 Å². The van der Waals surface area contributed by atoms with Crippen molar-refractivity contribution in [1.82, 2.24) is 0 Å². The summed E-state index contributed by atoms with van der Waals surface area (Å²) in [6.45, 7) is 2.80. The maximum Gasteiger partial charge on any atom is 0.0221 e. The monoisotopic (exact) mass is 168 g/mol. The van der Waals surface area contributed by atoms with Gasteiger partial charge in [-0.1, -0.05) is 18.9 Å². The molecule has 0 fully saturated rings. The molecule has 0 heterocycles. The highest BCUT2D eigenvalue weighted by Gasteiger charge is 1.85. The van der Waals surface area contributed by atoms with Crippen molar-refractivity contribution in [2.75, 3.05) is 6.54 Å². The molecular formula is C10H20N2. The van der Waals surface area contributed by atoms with Crippen molar-refractivity contribution in [1.29, 1.82) is 0 Å². The van der Waals surface area contributed by atoms with Crippen molar-refractivity contribution in [2.45, 2.75) is 39.0 Å². The molecule has 0 atom stereocenters. The first-order valence-electron chi connectivity index (χ1n) is 4.74. The van der Waals surface area contributed by atoms with Crippen molar-refractivity contribution in [3.63, 3.8) is 0 Å². The first-order chi connectivity index (χ1) is 5.91. The zero-order chi connectivity index (χ0) is 9.07. The smallest absolute Gasteiger partial charge is 0.0221 e. The topological polar surface area (TPSA) is 38.4 Å². The Hall–Kier alpha value is -0.630. The number of aliphatic imine (C=N–C) groups is 1. The van der Waals surface area contributed by atoms with Gasteiger partial charge in [-0.3, -0.25) is 4.99 Å². The van der Waals surface area contributed by atoms with Gasteiger partial charge in [-0.2, -0.15) is 0 Å². The first kappa shape index (κ1) is 11.4. The van der Waals surface area contributed by atoms with Crippen LogP contribution in [0, 0.1) is 0 Å². The highest BCUT2D eigenvalue weighted by atomic mass is 14.7. The van der Waals surface area contributed by atoms with Crippen molar-refractivity contribution in [2.24, 2.45) is 10.7 Å². The number of rotatable bonds is 7. The van der Waals surface area contributed by atoms with E-state index in [0.29, 0.717) is 0 Å². The van der Waals surface area contributed by atoms with Gasteiger partial charge < -0.3 is 5.73 Å². The quantitative estimate of drug-likeness (QED) is 0.460. The Labute approximate surface area is 75.6 Å². The molecule has 2 heteroatoms. The van der Waals surface area contributed by atoms with Gasteiger partial charge in [0.1, 0.15) is 0 Å². The normalized spacial score (nSPS) is 11.8. The molecule has 2 nitrogen and oxygen atoms in total. The van der Waals surface area contributed by atoms with E-state index in [1.165, 1.54) is 19.3 Å². The minimum Gasteiger partial charge on any atom is -0.330 e. The molecule has 0 aromatic carbocycles. The van der Waals surface area contributed by atoms with Gasteiger partial charge in [0, 0.05) is 12.4 Å². The maximum atomic E-state index is 5.37. The molecular weight excluding hydrogens is 148 g/mol. The van der Waals surface area contributed by atoms with Gasteiger partial charge in [0.05, 0.1) is 0 Å². The summed E-state index contributed by atoms with van der Waals surface area (Å²) in [6, 6.07) is 0. The Bertz CT molecular complexity index is 128. The number of hydrogen-bond donors (Lipinski definition) is 1. The van der Waals surface area contributed by atoms with Gasteiger partial charge in [0.2, 0.25) is 0 Å². The van der Waals surface area contributed by atoms with Gasteiger partial charge in [-0.05, 0) is 32.7 Å². The van der Waals surface area contributed by atoms with Crippen LogP contribution in [-0.4, -0.2) is 12.8 Å². The highest BCUT2D eigenvalue weighted by Crippen LogP contribution is 2.00. The molecule has 0 aromatic rings. The second-order valence-corrected chi connectivity index (χ2v) is 2.81. The average Bonchev–Trinajstić information content (AvgIpc) is 2.10. The van der Waals surface area contributed by atoms with Gasteiger partial charge in [-0.25, -0.2) is 0 Å². The summed E-state index contributed by atoms with van der Waals surface area (Å²) in [5.41, 5.74) is 5.37. The second-order valence-electron chi connectivity index (χ2n) is 2.81. The summed E-state index contributed by atoms with van der Waals surface area (Å²) in [4.78, 5) is 4.08. The van der Waals surface area contributed by atoms with Crippen LogP contribution < -0.4 is 5.73 Å². The Morgan fingerprint density at radius 1 is 1.17 bits per heavy atom. The Morgan fingerprint density at radius 2 is 1.92 bits per heavy atom. The molecule has 0 saturated carbocycles. The first-order valence-corrected chi connectivity index (χ1v) is 4.74. The maximum absolute atomic E-state index is 5.37. The van der Waals surface area contributed by atoms with Crippen LogP contribution in [0.4, 0.5) is 0 Å². The molecule has 0 radical (unpaired) electrons. The highest BCUT2D eigenvalue weighted by molar-refractivity contribution is 5.57. The van der Waals surface area contributed by atoms with Crippen molar-refractivity contribution < 1.29 is 0 Å². The second kappa shape index (κ2) is 10.4. The molecule has 0 unspecified atom stereocenters. The lowest BCUT2D eigenvalue weighted by Crippen LogP contribution is -1.97. The van der Waals surface area contributed by atoms with E-state index in [-0.39, 0.29) is 0 Å². The number of hydrogen-bond acceptors (Lipinski definition) is 2. The van der Waals surface area contributed by atoms with E-state index >= 15 is 0 Å². The van der Waals surface area contributed by atoms with Gasteiger partial charge >= 0.3 is 0 Å². The molecule has 0 amide bonds. The van der Waals surface area contributed by atoms with E-state index in [4.69, 9.17) is 5.73 Å². The van der Waals surface area contributed by atoms with Crippen LogP contribution in [0.25, 0.3) is 0 Å². The molecule has 0 rings (SSSR count). The third-order valence-corrected chi connectivity index (χ3v) is 1.63. The van der Waals surface area contributed by atoms with Gasteiger partial charge in [0.25, 0.3) is 0 Å². The van der Waals surface area contributed by atoms with E-state index < -0.39 is 0 Å². The van der Waals surface area contributed by atoms with Crippen LogP contribution in [0.5, 0.6) is 0 Å². The summed E-state index contributed by atoms with van der Waals surface area (Å²) in [5, 5.41) is 0. The zero-order valence-electron chi connectivity index (χ0n) is 8.00. The summed E-state index contributed by atoms with van der Waals surface area (Å²) in [5.74, 6) is 0. The van der Waals surface area contributed by atoms with E-state index in [0.717, 1.165) is 19.4 Å². The van der Waals surface area contributed by atoms with E-state index in [1.807, 2.05) is 25.4 Å². The Balaban J connectivity index is 3.00. The largest absolute Gasteiger partial charge is 0.330 e. The van der Waals surface area contributed by atoms with Crippen LogP contribution in [0.2, 0.25) is 0 Å². The molecule has 0 aliphatic heterocycles. The predicted molar refractivity (Wildman–Crippen MR) is 55.4 cm³/mol. The standard InChI is InChI=1S/C10H20N2/c1-2-9-12-10-7-5-3-4-6-8-11/h2,9-10H,3-8,11H2,1H3/b9-2-,12-10?. The lowest BCUT2D eigenvalue weighted by atomic mass is 10.1. The average molecular weight is 168 g/mol. The van der Waals surface area contributed by atoms with Crippen molar-refractivity contribution in [3.05, 3.63) is 12.3 Å². The minimum absolute atomic E-state index is 0.826. The molecule has 2 N–H and O–H groups in total. The minimum atomic E-state index is 0.826. The van der Waals surface area contributed by atoms with Crippen LogP contribution >= 0.6 is 0 Å². The molecule has 0 aromatic heterocycles. The third kappa shape index (κ3) is 9.37. The van der Waals surface area contributed by atoms with Gasteiger partial charge in [0.15, 0.2) is 0 Å². The van der Waals surface area contributed by atoms with E-state index in [9.17, 15) is 0 Å². The van der Waals surface area contributed by atoms with Crippen molar-refractivity contribution in [3.8, 4) is 0 Å². The van der Waals surface area contributed by atoms with Crippen LogP contribution in [0.1, 0.15) is 39.0 Å². The van der Waals surface area contributed by atoms with Crippen LogP contribution in [0.15, 0.2) is 17.3 Å². The zero-order valence-corrected chi connectivity index (χ0v) is 8.00. The van der Waals surface area contributed by atoms with Gasteiger partial charge in [-0.15, -0.1) is 0 Å². The van der Waals surface area contributed by atoms with E-state index in [1.54, 1.807) is 0 Å². The van der Waals surface area contributed by atoms with Crippen LogP contribution in [0.3, 0.4) is 0 Å². The molecule has 0 bridgehead atoms. The fraction of sp³-hybridized carbons (Fsp3) is 0.700. The molecule has 0 aliphatic carbocycles. The number of nitrogens with two attached hydrogens (primary N) is 1. The SMILES string of the molecule is C/C=C\N=CCCCCCCN. The lowest BCUT2D eigenvalue weighted by Gasteiger charge is -1.94. The predicted octanol–water partition coefficient (Wildman–Crippen LogP) is 2.50. The third-order valence-electron chi connectivity index (χ3n) is 1.63. The Kier molecular flexibility index (Phi) is 9.83.